The van der Waals surface area contributed by atoms with E-state index in [1.165, 1.54) is 0 Å². The van der Waals surface area contributed by atoms with E-state index in [2.05, 4.69) is 15.6 Å². The van der Waals surface area contributed by atoms with Crippen LogP contribution in [0.3, 0.4) is 0 Å². The summed E-state index contributed by atoms with van der Waals surface area (Å²) in [6.45, 7) is 1.14. The van der Waals surface area contributed by atoms with Gasteiger partial charge in [0.05, 0.1) is 28.4 Å². The van der Waals surface area contributed by atoms with Gasteiger partial charge in [-0.25, -0.2) is 0 Å². The zero-order valence-electron chi connectivity index (χ0n) is 16.5. The van der Waals surface area contributed by atoms with Crippen molar-refractivity contribution in [3.63, 3.8) is 0 Å². The molecule has 7 nitrogen and oxygen atoms in total. The molecule has 0 unspecified atom stereocenters. The average Bonchev–Trinajstić information content (AvgIpc) is 2.73. The van der Waals surface area contributed by atoms with Gasteiger partial charge in [-0.1, -0.05) is 12.1 Å². The van der Waals surface area contributed by atoms with E-state index < -0.39 is 0 Å². The van der Waals surface area contributed by atoms with Gasteiger partial charge in [0, 0.05) is 31.8 Å². The normalized spacial score (nSPS) is 10.9. The highest BCUT2D eigenvalue weighted by Gasteiger charge is 2.12. The molecule has 0 aromatic heterocycles. The van der Waals surface area contributed by atoms with Gasteiger partial charge >= 0.3 is 0 Å². The molecule has 146 valence electrons. The maximum Gasteiger partial charge on any atom is 0.191 e. The third-order valence-corrected chi connectivity index (χ3v) is 4.05. The highest BCUT2D eigenvalue weighted by Crippen LogP contribution is 2.34. The molecule has 0 aliphatic heterocycles. The minimum absolute atomic E-state index is 0.515. The monoisotopic (exact) mass is 373 g/mol. The molecule has 2 N–H and O–H groups in total. The fourth-order valence-electron chi connectivity index (χ4n) is 2.60. The van der Waals surface area contributed by atoms with Gasteiger partial charge in [-0.05, 0) is 23.8 Å². The number of hydrogen-bond acceptors (Lipinski definition) is 5. The predicted molar refractivity (Wildman–Crippen MR) is 106 cm³/mol. The van der Waals surface area contributed by atoms with Crippen molar-refractivity contribution in [2.24, 2.45) is 4.99 Å². The molecule has 0 saturated carbocycles. The topological polar surface area (TPSA) is 73.3 Å². The van der Waals surface area contributed by atoms with Crippen LogP contribution in [0.1, 0.15) is 11.1 Å². The van der Waals surface area contributed by atoms with Crippen LogP contribution in [0.2, 0.25) is 0 Å². The number of ether oxygens (including phenoxy) is 4. The van der Waals surface area contributed by atoms with Crippen molar-refractivity contribution in [1.82, 2.24) is 10.6 Å². The zero-order chi connectivity index (χ0) is 19.6. The number of nitrogens with zero attached hydrogens (tertiary/aromatic N) is 1. The van der Waals surface area contributed by atoms with E-state index in [9.17, 15) is 0 Å². The highest BCUT2D eigenvalue weighted by atomic mass is 16.5. The fraction of sp³-hybridized carbons (Fsp3) is 0.350. The lowest BCUT2D eigenvalue weighted by atomic mass is 10.1. The quantitative estimate of drug-likeness (QED) is 0.547. The molecule has 0 fully saturated rings. The molecule has 0 radical (unpaired) electrons. The first-order chi connectivity index (χ1) is 13.1. The third-order valence-electron chi connectivity index (χ3n) is 4.05. The summed E-state index contributed by atoms with van der Waals surface area (Å²) in [5, 5.41) is 6.56. The number of aliphatic imine (C=N–C) groups is 1. The number of hydrogen-bond donors (Lipinski definition) is 2. The lowest BCUT2D eigenvalue weighted by Gasteiger charge is -2.16. The molecular formula is C20H27N3O4. The summed E-state index contributed by atoms with van der Waals surface area (Å²) in [5.41, 5.74) is 2.03. The summed E-state index contributed by atoms with van der Waals surface area (Å²) in [7, 11) is 8.21. The molecule has 7 heteroatoms. The SMILES string of the molecule is CN=C(NCc1cccc(OC)c1)NCc1cc(OC)c(OC)cc1OC. The van der Waals surface area contributed by atoms with Crippen LogP contribution in [0.4, 0.5) is 0 Å². The minimum atomic E-state index is 0.515. The van der Waals surface area contributed by atoms with Crippen molar-refractivity contribution >= 4 is 5.96 Å². The Morgan fingerprint density at radius 2 is 1.48 bits per heavy atom. The lowest BCUT2D eigenvalue weighted by Crippen LogP contribution is -2.36. The fourth-order valence-corrected chi connectivity index (χ4v) is 2.60. The Morgan fingerprint density at radius 3 is 2.11 bits per heavy atom. The van der Waals surface area contributed by atoms with Crippen molar-refractivity contribution < 1.29 is 18.9 Å². The van der Waals surface area contributed by atoms with Crippen LogP contribution in [-0.2, 0) is 13.1 Å². The van der Waals surface area contributed by atoms with Gasteiger partial charge in [0.2, 0.25) is 0 Å². The molecule has 0 spiro atoms. The Bertz CT molecular complexity index is 778. The van der Waals surface area contributed by atoms with E-state index in [-0.39, 0.29) is 0 Å². The number of benzene rings is 2. The summed E-state index contributed by atoms with van der Waals surface area (Å²) >= 11 is 0. The summed E-state index contributed by atoms with van der Waals surface area (Å²) < 4.78 is 21.4. The Hall–Kier alpha value is -3.09. The van der Waals surface area contributed by atoms with Crippen LogP contribution in [0.5, 0.6) is 23.0 Å². The highest BCUT2D eigenvalue weighted by molar-refractivity contribution is 5.79. The maximum absolute atomic E-state index is 5.46. The van der Waals surface area contributed by atoms with Crippen molar-refractivity contribution in [1.29, 1.82) is 0 Å². The second-order valence-corrected chi connectivity index (χ2v) is 5.65. The molecule has 0 saturated heterocycles. The third kappa shape index (κ3) is 5.44. The maximum atomic E-state index is 5.46. The summed E-state index contributed by atoms with van der Waals surface area (Å²) in [6, 6.07) is 11.6. The first-order valence-corrected chi connectivity index (χ1v) is 8.51. The van der Waals surface area contributed by atoms with E-state index in [0.29, 0.717) is 36.3 Å². The second kappa shape index (κ2) is 10.2. The lowest BCUT2D eigenvalue weighted by molar-refractivity contribution is 0.347. The Labute approximate surface area is 160 Å². The van der Waals surface area contributed by atoms with E-state index in [4.69, 9.17) is 18.9 Å². The molecule has 0 amide bonds. The van der Waals surface area contributed by atoms with E-state index in [1.54, 1.807) is 35.5 Å². The molecular weight excluding hydrogens is 346 g/mol. The van der Waals surface area contributed by atoms with Crippen LogP contribution in [0.15, 0.2) is 41.4 Å². The molecule has 27 heavy (non-hydrogen) atoms. The van der Waals surface area contributed by atoms with Crippen molar-refractivity contribution in [3.05, 3.63) is 47.5 Å². The van der Waals surface area contributed by atoms with E-state index >= 15 is 0 Å². The average molecular weight is 373 g/mol. The molecule has 0 heterocycles. The van der Waals surface area contributed by atoms with Gasteiger partial charge < -0.3 is 29.6 Å². The van der Waals surface area contributed by atoms with Gasteiger partial charge in [-0.2, -0.15) is 0 Å². The van der Waals surface area contributed by atoms with Crippen LogP contribution >= 0.6 is 0 Å². The molecule has 2 rings (SSSR count). The van der Waals surface area contributed by atoms with Crippen LogP contribution in [-0.4, -0.2) is 41.4 Å². The Balaban J connectivity index is 2.03. The van der Waals surface area contributed by atoms with Crippen LogP contribution in [0, 0.1) is 0 Å². The molecule has 0 atom stereocenters. The standard InChI is InChI=1S/C20H27N3O4/c1-21-20(22-12-14-7-6-8-16(9-14)24-2)23-13-15-10-18(26-4)19(27-5)11-17(15)25-3/h6-11H,12-13H2,1-5H3,(H2,21,22,23). The minimum Gasteiger partial charge on any atom is -0.497 e. The van der Waals surface area contributed by atoms with Gasteiger partial charge in [-0.15, -0.1) is 0 Å². The molecule has 0 aliphatic carbocycles. The predicted octanol–water partition coefficient (Wildman–Crippen LogP) is 2.59. The zero-order valence-corrected chi connectivity index (χ0v) is 16.5. The molecule has 2 aromatic rings. The van der Waals surface area contributed by atoms with Gasteiger partial charge in [0.25, 0.3) is 0 Å². The van der Waals surface area contributed by atoms with Crippen molar-refractivity contribution in [3.8, 4) is 23.0 Å². The Kier molecular flexibility index (Phi) is 7.61. The molecule has 0 aliphatic rings. The number of guanidine groups is 1. The van der Waals surface area contributed by atoms with Gasteiger partial charge in [0.15, 0.2) is 17.5 Å². The van der Waals surface area contributed by atoms with E-state index in [1.807, 2.05) is 36.4 Å². The van der Waals surface area contributed by atoms with Crippen LogP contribution in [0.25, 0.3) is 0 Å². The second-order valence-electron chi connectivity index (χ2n) is 5.65. The van der Waals surface area contributed by atoms with Gasteiger partial charge in [0.1, 0.15) is 11.5 Å². The first-order valence-electron chi connectivity index (χ1n) is 8.51. The molecule has 2 aromatic carbocycles. The largest absolute Gasteiger partial charge is 0.497 e. The smallest absolute Gasteiger partial charge is 0.191 e. The summed E-state index contributed by atoms with van der Waals surface area (Å²) in [5.74, 6) is 3.48. The van der Waals surface area contributed by atoms with Crippen molar-refractivity contribution in [2.45, 2.75) is 13.1 Å². The van der Waals surface area contributed by atoms with Gasteiger partial charge in [-0.3, -0.25) is 4.99 Å². The molecule has 0 bridgehead atoms. The summed E-state index contributed by atoms with van der Waals surface area (Å²) in [6.07, 6.45) is 0. The number of methoxy groups -OCH3 is 4. The van der Waals surface area contributed by atoms with E-state index in [0.717, 1.165) is 16.9 Å². The first kappa shape index (κ1) is 20.2. The summed E-state index contributed by atoms with van der Waals surface area (Å²) in [4.78, 5) is 4.26. The van der Waals surface area contributed by atoms with Crippen molar-refractivity contribution in [2.75, 3.05) is 35.5 Å². The Morgan fingerprint density at radius 1 is 0.815 bits per heavy atom. The number of rotatable bonds is 8. The number of nitrogens with one attached hydrogen (secondary N) is 2. The van der Waals surface area contributed by atoms with Crippen LogP contribution < -0.4 is 29.6 Å².